The smallest absolute Gasteiger partial charge is 0.0902 e. The summed E-state index contributed by atoms with van der Waals surface area (Å²) in [5, 5.41) is 0. The van der Waals surface area contributed by atoms with E-state index >= 15 is 0 Å². The van der Waals surface area contributed by atoms with E-state index in [1.165, 1.54) is 0 Å². The molecule has 0 bridgehead atoms. The minimum absolute atomic E-state index is 0. The van der Waals surface area contributed by atoms with Crippen LogP contribution >= 0.6 is 0 Å². The molecule has 0 atom stereocenters. The van der Waals surface area contributed by atoms with Crippen LogP contribution < -0.4 is 5.73 Å². The molecule has 0 heterocycles. The summed E-state index contributed by atoms with van der Waals surface area (Å²) >= 11 is 0. The van der Waals surface area contributed by atoms with E-state index in [-0.39, 0.29) is 14.9 Å². The summed E-state index contributed by atoms with van der Waals surface area (Å²) in [6.45, 7) is 1.75. The standard InChI is InChI=1S/C3H8N2.2CH4/c1-3(4)5-2;;/h1-2H3,(H2,4,5);2*1H4. The fourth-order valence-corrected chi connectivity index (χ4v) is 0. The maximum Gasteiger partial charge on any atom is 0.0902 e. The highest BCUT2D eigenvalue weighted by atomic mass is 14.8. The second-order valence-corrected chi connectivity index (χ2v) is 0.865. The first-order chi connectivity index (χ1) is 2.27. The van der Waals surface area contributed by atoms with Gasteiger partial charge in [0.1, 0.15) is 0 Å². The Hall–Kier alpha value is -0.530. The van der Waals surface area contributed by atoms with Crippen molar-refractivity contribution in [1.82, 2.24) is 0 Å². The van der Waals surface area contributed by atoms with Gasteiger partial charge in [0.25, 0.3) is 0 Å². The van der Waals surface area contributed by atoms with Crippen LogP contribution in [-0.4, -0.2) is 12.9 Å². The number of amidine groups is 1. The maximum atomic E-state index is 5.04. The zero-order valence-corrected chi connectivity index (χ0v) is 3.52. The van der Waals surface area contributed by atoms with Crippen LogP contribution in [-0.2, 0) is 0 Å². The van der Waals surface area contributed by atoms with Gasteiger partial charge in [0.05, 0.1) is 5.84 Å². The van der Waals surface area contributed by atoms with E-state index in [1.54, 1.807) is 14.0 Å². The molecular formula is C5H16N2. The molecule has 0 fully saturated rings. The van der Waals surface area contributed by atoms with Gasteiger partial charge in [0.15, 0.2) is 0 Å². The number of aliphatic imine (C=N–C) groups is 1. The van der Waals surface area contributed by atoms with Crippen molar-refractivity contribution in [1.29, 1.82) is 0 Å². The van der Waals surface area contributed by atoms with Crippen LogP contribution in [0, 0.1) is 0 Å². The fraction of sp³-hybridized carbons (Fsp3) is 0.800. The molecule has 0 spiro atoms. The van der Waals surface area contributed by atoms with Crippen LogP contribution in [0.1, 0.15) is 21.8 Å². The molecule has 0 aromatic rings. The Labute approximate surface area is 46.4 Å². The molecule has 0 aliphatic heterocycles. The van der Waals surface area contributed by atoms with Crippen molar-refractivity contribution in [2.24, 2.45) is 10.7 Å². The van der Waals surface area contributed by atoms with Gasteiger partial charge >= 0.3 is 0 Å². The minimum atomic E-state index is 0. The van der Waals surface area contributed by atoms with Gasteiger partial charge in [-0.2, -0.15) is 0 Å². The summed E-state index contributed by atoms with van der Waals surface area (Å²) in [7, 11) is 1.66. The highest BCUT2D eigenvalue weighted by molar-refractivity contribution is 5.77. The van der Waals surface area contributed by atoms with Crippen molar-refractivity contribution >= 4 is 5.84 Å². The molecule has 46 valence electrons. The van der Waals surface area contributed by atoms with Gasteiger partial charge in [-0.1, -0.05) is 14.9 Å². The summed E-state index contributed by atoms with van der Waals surface area (Å²) in [5.41, 5.74) is 5.04. The molecule has 7 heavy (non-hydrogen) atoms. The van der Waals surface area contributed by atoms with Gasteiger partial charge in [-0.05, 0) is 6.92 Å². The van der Waals surface area contributed by atoms with Crippen molar-refractivity contribution in [3.05, 3.63) is 0 Å². The zero-order chi connectivity index (χ0) is 4.28. The average Bonchev–Trinajstić information content (AvgIpc) is 1.38. The molecule has 2 N–H and O–H groups in total. The summed E-state index contributed by atoms with van der Waals surface area (Å²) < 4.78 is 0. The third kappa shape index (κ3) is 30.5. The lowest BCUT2D eigenvalue weighted by Gasteiger charge is -1.76. The second-order valence-electron chi connectivity index (χ2n) is 0.865. The number of nitrogens with zero attached hydrogens (tertiary/aromatic N) is 1. The van der Waals surface area contributed by atoms with Gasteiger partial charge in [-0.25, -0.2) is 0 Å². The Kier molecular flexibility index (Phi) is 20.8. The van der Waals surface area contributed by atoms with Crippen LogP contribution in [0.4, 0.5) is 0 Å². The molecule has 0 aromatic carbocycles. The molecular weight excluding hydrogens is 88.1 g/mol. The quantitative estimate of drug-likeness (QED) is 0.364. The Morgan fingerprint density at radius 1 is 1.43 bits per heavy atom. The Balaban J connectivity index is -0.0000000800. The van der Waals surface area contributed by atoms with E-state index < -0.39 is 0 Å². The topological polar surface area (TPSA) is 38.4 Å². The number of nitrogens with two attached hydrogens (primary N) is 1. The summed E-state index contributed by atoms with van der Waals surface area (Å²) in [6.07, 6.45) is 0. The Morgan fingerprint density at radius 2 is 1.57 bits per heavy atom. The van der Waals surface area contributed by atoms with Crippen molar-refractivity contribution in [3.8, 4) is 0 Å². The van der Waals surface area contributed by atoms with E-state index in [4.69, 9.17) is 5.73 Å². The van der Waals surface area contributed by atoms with Crippen LogP contribution in [0.25, 0.3) is 0 Å². The lowest BCUT2D eigenvalue weighted by atomic mass is 10.7. The fourth-order valence-electron chi connectivity index (χ4n) is 0. The van der Waals surface area contributed by atoms with Gasteiger partial charge in [0.2, 0.25) is 0 Å². The normalized spacial score (nSPS) is 8.57. The minimum Gasteiger partial charge on any atom is -0.388 e. The highest BCUT2D eigenvalue weighted by Gasteiger charge is 1.61. The predicted molar refractivity (Wildman–Crippen MR) is 36.7 cm³/mol. The van der Waals surface area contributed by atoms with E-state index in [0.29, 0.717) is 5.84 Å². The lowest BCUT2D eigenvalue weighted by molar-refractivity contribution is 1.38. The van der Waals surface area contributed by atoms with Gasteiger partial charge in [0, 0.05) is 7.05 Å². The molecule has 2 nitrogen and oxygen atoms in total. The van der Waals surface area contributed by atoms with Gasteiger partial charge < -0.3 is 5.73 Å². The summed E-state index contributed by atoms with van der Waals surface area (Å²) in [6, 6.07) is 0. The number of hydrogen-bond acceptors (Lipinski definition) is 1. The van der Waals surface area contributed by atoms with E-state index in [0.717, 1.165) is 0 Å². The van der Waals surface area contributed by atoms with E-state index in [1.807, 2.05) is 0 Å². The molecule has 0 saturated heterocycles. The van der Waals surface area contributed by atoms with Crippen LogP contribution in [0.15, 0.2) is 4.99 Å². The molecule has 0 radical (unpaired) electrons. The summed E-state index contributed by atoms with van der Waals surface area (Å²) in [4.78, 5) is 3.58. The number of hydrogen-bond donors (Lipinski definition) is 1. The molecule has 0 rings (SSSR count). The molecule has 0 amide bonds. The molecule has 0 saturated carbocycles. The lowest BCUT2D eigenvalue weighted by Crippen LogP contribution is -2.03. The van der Waals surface area contributed by atoms with Crippen molar-refractivity contribution in [2.75, 3.05) is 7.05 Å². The van der Waals surface area contributed by atoms with Crippen molar-refractivity contribution in [2.45, 2.75) is 21.8 Å². The highest BCUT2D eigenvalue weighted by Crippen LogP contribution is 1.52. The van der Waals surface area contributed by atoms with Crippen molar-refractivity contribution in [3.63, 3.8) is 0 Å². The molecule has 0 aliphatic rings. The Bertz CT molecular complexity index is 44.0. The van der Waals surface area contributed by atoms with Crippen LogP contribution in [0.3, 0.4) is 0 Å². The third-order valence-electron chi connectivity index (χ3n) is 0.353. The Morgan fingerprint density at radius 3 is 1.57 bits per heavy atom. The maximum absolute atomic E-state index is 5.04. The largest absolute Gasteiger partial charge is 0.388 e. The van der Waals surface area contributed by atoms with Crippen LogP contribution in [0.2, 0.25) is 0 Å². The monoisotopic (exact) mass is 104 g/mol. The first-order valence-electron chi connectivity index (χ1n) is 1.46. The predicted octanol–water partition coefficient (Wildman–Crippen LogP) is 1.27. The van der Waals surface area contributed by atoms with Crippen molar-refractivity contribution < 1.29 is 0 Å². The van der Waals surface area contributed by atoms with Gasteiger partial charge in [-0.3, -0.25) is 4.99 Å². The molecule has 0 aliphatic carbocycles. The molecule has 2 heteroatoms. The molecule has 0 unspecified atom stereocenters. The number of rotatable bonds is 0. The first-order valence-corrected chi connectivity index (χ1v) is 1.46. The molecule has 0 aromatic heterocycles. The van der Waals surface area contributed by atoms with Crippen LogP contribution in [0.5, 0.6) is 0 Å². The third-order valence-corrected chi connectivity index (χ3v) is 0.353. The first kappa shape index (κ1) is 16.1. The zero-order valence-electron chi connectivity index (χ0n) is 3.52. The van der Waals surface area contributed by atoms with E-state index in [2.05, 4.69) is 4.99 Å². The van der Waals surface area contributed by atoms with E-state index in [9.17, 15) is 0 Å². The summed E-state index contributed by atoms with van der Waals surface area (Å²) in [5.74, 6) is 0.630. The van der Waals surface area contributed by atoms with Gasteiger partial charge in [-0.15, -0.1) is 0 Å². The second kappa shape index (κ2) is 9.08. The average molecular weight is 104 g/mol. The SMILES string of the molecule is C.C.CN=C(C)N.